The second kappa shape index (κ2) is 4.96. The van der Waals surface area contributed by atoms with Crippen LogP contribution in [-0.2, 0) is 0 Å². The summed E-state index contributed by atoms with van der Waals surface area (Å²) in [5.41, 5.74) is 8.57. The van der Waals surface area contributed by atoms with Crippen molar-refractivity contribution in [1.82, 2.24) is 0 Å². The maximum absolute atomic E-state index is 12.8. The van der Waals surface area contributed by atoms with Gasteiger partial charge in [0, 0.05) is 18.8 Å². The first kappa shape index (κ1) is 11.0. The Hall–Kier alpha value is -1.09. The van der Waals surface area contributed by atoms with Crippen molar-refractivity contribution in [3.8, 4) is 0 Å². The minimum atomic E-state index is -0.975. The normalized spacial score (nSPS) is 12.6. The molecule has 3 N–H and O–H groups in total. The van der Waals surface area contributed by atoms with Crippen molar-refractivity contribution in [3.63, 3.8) is 0 Å². The lowest BCUT2D eigenvalue weighted by Gasteiger charge is -2.10. The van der Waals surface area contributed by atoms with Crippen molar-refractivity contribution in [2.24, 2.45) is 5.73 Å². The Morgan fingerprint density at radius 3 is 2.64 bits per heavy atom. The number of benzene rings is 1. The van der Waals surface area contributed by atoms with Gasteiger partial charge in [-0.3, -0.25) is 0 Å². The Morgan fingerprint density at radius 2 is 2.07 bits per heavy atom. The van der Waals surface area contributed by atoms with Gasteiger partial charge < -0.3 is 11.1 Å². The third-order valence-electron chi connectivity index (χ3n) is 2.29. The molecule has 0 heterocycles. The predicted octanol–water partition coefficient (Wildman–Crippen LogP) is 2.01. The molecule has 1 rings (SSSR count). The molecule has 0 fully saturated rings. The molecule has 14 heavy (non-hydrogen) atoms. The first-order valence-corrected chi connectivity index (χ1v) is 4.78. The van der Waals surface area contributed by atoms with E-state index in [1.165, 1.54) is 11.1 Å². The lowest BCUT2D eigenvalue weighted by molar-refractivity contribution is 0.358. The zero-order chi connectivity index (χ0) is 10.6. The largest absolute Gasteiger partial charge is 0.382 e. The van der Waals surface area contributed by atoms with E-state index in [9.17, 15) is 4.39 Å². The van der Waals surface area contributed by atoms with Crippen molar-refractivity contribution in [2.75, 3.05) is 18.4 Å². The fourth-order valence-corrected chi connectivity index (χ4v) is 1.16. The molecule has 0 aliphatic rings. The van der Waals surface area contributed by atoms with Crippen molar-refractivity contribution < 1.29 is 4.39 Å². The molecule has 0 aliphatic carbocycles. The number of nitrogens with one attached hydrogen (secondary N) is 1. The molecule has 78 valence electrons. The molecule has 3 heteroatoms. The van der Waals surface area contributed by atoms with Gasteiger partial charge >= 0.3 is 0 Å². The highest BCUT2D eigenvalue weighted by Crippen LogP contribution is 2.13. The minimum absolute atomic E-state index is 0.0673. The molecule has 1 atom stereocenters. The molecule has 0 aliphatic heterocycles. The topological polar surface area (TPSA) is 38.0 Å². The van der Waals surface area contributed by atoms with E-state index < -0.39 is 6.17 Å². The molecule has 2 nitrogen and oxygen atoms in total. The highest BCUT2D eigenvalue weighted by atomic mass is 19.1. The van der Waals surface area contributed by atoms with Crippen molar-refractivity contribution >= 4 is 5.69 Å². The second-order valence-corrected chi connectivity index (χ2v) is 3.51. The molecule has 1 aromatic carbocycles. The Morgan fingerprint density at radius 1 is 1.36 bits per heavy atom. The molecule has 0 radical (unpaired) electrons. The number of aryl methyl sites for hydroxylation is 2. The van der Waals surface area contributed by atoms with Gasteiger partial charge in [0.2, 0.25) is 0 Å². The quantitative estimate of drug-likeness (QED) is 0.773. The van der Waals surface area contributed by atoms with Crippen LogP contribution in [0.5, 0.6) is 0 Å². The standard InChI is InChI=1S/C11H17FN2/c1-8-3-4-11(5-9(8)2)14-7-10(12)6-13/h3-5,10,14H,6-7,13H2,1-2H3. The van der Waals surface area contributed by atoms with Crippen LogP contribution in [0.4, 0.5) is 10.1 Å². The summed E-state index contributed by atoms with van der Waals surface area (Å²) in [5, 5.41) is 3.01. The number of alkyl halides is 1. The van der Waals surface area contributed by atoms with Crippen LogP contribution in [-0.4, -0.2) is 19.3 Å². The number of nitrogens with two attached hydrogens (primary N) is 1. The summed E-state index contributed by atoms with van der Waals surface area (Å²) in [7, 11) is 0. The van der Waals surface area contributed by atoms with Crippen LogP contribution in [0.3, 0.4) is 0 Å². The van der Waals surface area contributed by atoms with Gasteiger partial charge in [-0.1, -0.05) is 6.07 Å². The van der Waals surface area contributed by atoms with Gasteiger partial charge in [-0.15, -0.1) is 0 Å². The molecule has 0 saturated heterocycles. The van der Waals surface area contributed by atoms with Crippen LogP contribution in [0.1, 0.15) is 11.1 Å². The maximum Gasteiger partial charge on any atom is 0.129 e. The van der Waals surface area contributed by atoms with E-state index in [2.05, 4.69) is 12.2 Å². The fraction of sp³-hybridized carbons (Fsp3) is 0.455. The fourth-order valence-electron chi connectivity index (χ4n) is 1.16. The number of hydrogen-bond acceptors (Lipinski definition) is 2. The number of halogens is 1. The maximum atomic E-state index is 12.8. The predicted molar refractivity (Wildman–Crippen MR) is 58.4 cm³/mol. The monoisotopic (exact) mass is 196 g/mol. The van der Waals surface area contributed by atoms with Gasteiger partial charge in [0.05, 0.1) is 0 Å². The van der Waals surface area contributed by atoms with Crippen LogP contribution in [0.25, 0.3) is 0 Å². The minimum Gasteiger partial charge on any atom is -0.382 e. The molecular weight excluding hydrogens is 179 g/mol. The highest BCUT2D eigenvalue weighted by molar-refractivity contribution is 5.48. The van der Waals surface area contributed by atoms with Crippen molar-refractivity contribution in [3.05, 3.63) is 29.3 Å². The average Bonchev–Trinajstić information content (AvgIpc) is 2.19. The smallest absolute Gasteiger partial charge is 0.129 e. The summed E-state index contributed by atoms with van der Waals surface area (Å²) < 4.78 is 12.8. The summed E-state index contributed by atoms with van der Waals surface area (Å²) in [6.07, 6.45) is -0.975. The zero-order valence-corrected chi connectivity index (χ0v) is 8.68. The first-order valence-electron chi connectivity index (χ1n) is 4.78. The lowest BCUT2D eigenvalue weighted by atomic mass is 10.1. The SMILES string of the molecule is Cc1ccc(NCC(F)CN)cc1C. The Kier molecular flexibility index (Phi) is 3.89. The highest BCUT2D eigenvalue weighted by Gasteiger charge is 2.02. The summed E-state index contributed by atoms with van der Waals surface area (Å²) in [4.78, 5) is 0. The second-order valence-electron chi connectivity index (χ2n) is 3.51. The van der Waals surface area contributed by atoms with Gasteiger partial charge in [0.25, 0.3) is 0 Å². The third-order valence-corrected chi connectivity index (χ3v) is 2.29. The Balaban J connectivity index is 2.55. The van der Waals surface area contributed by atoms with E-state index in [0.29, 0.717) is 0 Å². The zero-order valence-electron chi connectivity index (χ0n) is 8.68. The van der Waals surface area contributed by atoms with Gasteiger partial charge in [0.15, 0.2) is 0 Å². The Labute approximate surface area is 84.3 Å². The summed E-state index contributed by atoms with van der Waals surface area (Å²) in [5.74, 6) is 0. The summed E-state index contributed by atoms with van der Waals surface area (Å²) >= 11 is 0. The van der Waals surface area contributed by atoms with Crippen LogP contribution >= 0.6 is 0 Å². The van der Waals surface area contributed by atoms with Crippen LogP contribution in [0.15, 0.2) is 18.2 Å². The van der Waals surface area contributed by atoms with E-state index in [-0.39, 0.29) is 13.1 Å². The first-order chi connectivity index (χ1) is 6.63. The summed E-state index contributed by atoms with van der Waals surface area (Å²) in [6, 6.07) is 5.98. The third kappa shape index (κ3) is 3.00. The number of hydrogen-bond donors (Lipinski definition) is 2. The van der Waals surface area contributed by atoms with E-state index in [4.69, 9.17) is 5.73 Å². The molecule has 0 amide bonds. The van der Waals surface area contributed by atoms with E-state index in [0.717, 1.165) is 5.69 Å². The van der Waals surface area contributed by atoms with E-state index >= 15 is 0 Å². The van der Waals surface area contributed by atoms with Crippen LogP contribution in [0, 0.1) is 13.8 Å². The molecule has 0 aromatic heterocycles. The molecule has 0 bridgehead atoms. The molecule has 1 aromatic rings. The van der Waals surface area contributed by atoms with Gasteiger partial charge in [-0.25, -0.2) is 4.39 Å². The molecule has 0 saturated carbocycles. The van der Waals surface area contributed by atoms with Gasteiger partial charge in [-0.2, -0.15) is 0 Å². The summed E-state index contributed by atoms with van der Waals surface area (Å²) in [6.45, 7) is 4.43. The van der Waals surface area contributed by atoms with Gasteiger partial charge in [0.1, 0.15) is 6.17 Å². The van der Waals surface area contributed by atoms with Gasteiger partial charge in [-0.05, 0) is 37.1 Å². The average molecular weight is 196 g/mol. The van der Waals surface area contributed by atoms with Crippen molar-refractivity contribution in [2.45, 2.75) is 20.0 Å². The molecule has 1 unspecified atom stereocenters. The molecular formula is C11H17FN2. The van der Waals surface area contributed by atoms with Crippen LogP contribution < -0.4 is 11.1 Å². The van der Waals surface area contributed by atoms with E-state index in [1.807, 2.05) is 25.1 Å². The van der Waals surface area contributed by atoms with Crippen LogP contribution in [0.2, 0.25) is 0 Å². The number of rotatable bonds is 4. The lowest BCUT2D eigenvalue weighted by Crippen LogP contribution is -2.23. The van der Waals surface area contributed by atoms with Crippen molar-refractivity contribution in [1.29, 1.82) is 0 Å². The Bertz CT molecular complexity index is 299. The number of anilines is 1. The molecule has 0 spiro atoms. The van der Waals surface area contributed by atoms with E-state index in [1.54, 1.807) is 0 Å².